The normalized spacial score (nSPS) is 37.7. The number of ether oxygens (including phenoxy) is 1. The highest BCUT2D eigenvalue weighted by molar-refractivity contribution is 5.80. The Morgan fingerprint density at radius 3 is 2.73 bits per heavy atom. The molecule has 3 heterocycles. The molecule has 1 aromatic rings. The number of aryl methyl sites for hydroxylation is 1. The Hall–Kier alpha value is -1.43. The Morgan fingerprint density at radius 2 is 2.05 bits per heavy atom. The number of carbonyl (C=O) groups is 1. The number of carbonyl (C=O) groups excluding carboxylic acids is 1. The molecular formula is C16H23N3O3. The molecular weight excluding hydrogens is 282 g/mol. The third-order valence-corrected chi connectivity index (χ3v) is 5.37. The lowest BCUT2D eigenvalue weighted by Crippen LogP contribution is -2.47. The van der Waals surface area contributed by atoms with Gasteiger partial charge in [0.25, 0.3) is 0 Å². The van der Waals surface area contributed by atoms with Crippen molar-refractivity contribution in [3.05, 3.63) is 11.8 Å². The summed E-state index contributed by atoms with van der Waals surface area (Å²) in [6, 6.07) is 0.240. The largest absolute Gasteiger partial charge is 0.423 e. The highest BCUT2D eigenvalue weighted by atomic mass is 16.5. The van der Waals surface area contributed by atoms with Gasteiger partial charge in [0.1, 0.15) is 6.10 Å². The van der Waals surface area contributed by atoms with Gasteiger partial charge in [0, 0.05) is 19.4 Å². The van der Waals surface area contributed by atoms with Crippen LogP contribution in [0.4, 0.5) is 0 Å². The van der Waals surface area contributed by atoms with Crippen molar-refractivity contribution in [2.45, 2.75) is 64.2 Å². The standard InChI is InChI=1S/C16H23N3O3/c1-9-7-11(8-9)16(20)19-6-5-13-12(19)3-4-14(22-13)15-18-17-10(2)21-15/h9,11-14H,3-8H2,1-2H3/t9?,11?,12-,13-,14-/m1/s1. The molecule has 6 nitrogen and oxygen atoms in total. The lowest BCUT2D eigenvalue weighted by molar-refractivity contribution is -0.145. The molecule has 22 heavy (non-hydrogen) atoms. The molecule has 2 aliphatic heterocycles. The van der Waals surface area contributed by atoms with Gasteiger partial charge < -0.3 is 14.1 Å². The van der Waals surface area contributed by atoms with E-state index in [9.17, 15) is 4.79 Å². The summed E-state index contributed by atoms with van der Waals surface area (Å²) in [5.41, 5.74) is 0. The molecule has 1 amide bonds. The highest BCUT2D eigenvalue weighted by Gasteiger charge is 2.46. The van der Waals surface area contributed by atoms with Gasteiger partial charge in [-0.05, 0) is 38.0 Å². The van der Waals surface area contributed by atoms with E-state index in [4.69, 9.17) is 9.15 Å². The Labute approximate surface area is 130 Å². The van der Waals surface area contributed by atoms with Crippen molar-refractivity contribution >= 4 is 5.91 Å². The first-order chi connectivity index (χ1) is 10.6. The predicted octanol–water partition coefficient (Wildman–Crippen LogP) is 2.25. The molecule has 6 heteroatoms. The van der Waals surface area contributed by atoms with E-state index in [1.54, 1.807) is 6.92 Å². The second kappa shape index (κ2) is 5.33. The monoisotopic (exact) mass is 305 g/mol. The molecule has 2 saturated heterocycles. The van der Waals surface area contributed by atoms with E-state index in [1.807, 2.05) is 0 Å². The maximum atomic E-state index is 12.6. The van der Waals surface area contributed by atoms with Crippen LogP contribution in [0, 0.1) is 18.8 Å². The average molecular weight is 305 g/mol. The second-order valence-electron chi connectivity index (χ2n) is 7.06. The Morgan fingerprint density at radius 1 is 1.23 bits per heavy atom. The van der Waals surface area contributed by atoms with Crippen LogP contribution in [0.2, 0.25) is 0 Å². The molecule has 0 bridgehead atoms. The van der Waals surface area contributed by atoms with E-state index in [0.717, 1.165) is 38.6 Å². The Kier molecular flexibility index (Phi) is 3.44. The molecule has 0 N–H and O–H groups in total. The zero-order valence-electron chi connectivity index (χ0n) is 13.2. The number of hydrogen-bond acceptors (Lipinski definition) is 5. The van der Waals surface area contributed by atoms with Crippen LogP contribution in [0.5, 0.6) is 0 Å². The fourth-order valence-corrected chi connectivity index (χ4v) is 4.16. The van der Waals surface area contributed by atoms with Gasteiger partial charge in [0.15, 0.2) is 0 Å². The number of rotatable bonds is 2. The van der Waals surface area contributed by atoms with Crippen LogP contribution < -0.4 is 0 Å². The summed E-state index contributed by atoms with van der Waals surface area (Å²) >= 11 is 0. The van der Waals surface area contributed by atoms with Crippen molar-refractivity contribution in [1.29, 1.82) is 0 Å². The van der Waals surface area contributed by atoms with Gasteiger partial charge >= 0.3 is 0 Å². The molecule has 4 rings (SSSR count). The van der Waals surface area contributed by atoms with Gasteiger partial charge in [-0.2, -0.15) is 0 Å². The van der Waals surface area contributed by atoms with Gasteiger partial charge in [-0.3, -0.25) is 4.79 Å². The van der Waals surface area contributed by atoms with E-state index < -0.39 is 0 Å². The van der Waals surface area contributed by atoms with E-state index in [1.165, 1.54) is 0 Å². The second-order valence-corrected chi connectivity index (χ2v) is 7.06. The average Bonchev–Trinajstić information content (AvgIpc) is 3.08. The minimum absolute atomic E-state index is 0.110. The summed E-state index contributed by atoms with van der Waals surface area (Å²) in [7, 11) is 0. The van der Waals surface area contributed by atoms with Crippen molar-refractivity contribution in [1.82, 2.24) is 15.1 Å². The fraction of sp³-hybridized carbons (Fsp3) is 0.812. The van der Waals surface area contributed by atoms with Gasteiger partial charge in [-0.25, -0.2) is 0 Å². The first kappa shape index (κ1) is 14.2. The smallest absolute Gasteiger partial charge is 0.245 e. The third kappa shape index (κ3) is 2.33. The molecule has 1 aromatic heterocycles. The first-order valence-electron chi connectivity index (χ1n) is 8.37. The molecule has 3 fully saturated rings. The van der Waals surface area contributed by atoms with Crippen LogP contribution in [0.1, 0.15) is 56.9 Å². The van der Waals surface area contributed by atoms with E-state index in [0.29, 0.717) is 23.6 Å². The summed E-state index contributed by atoms with van der Waals surface area (Å²) in [6.45, 7) is 4.84. The van der Waals surface area contributed by atoms with Crippen molar-refractivity contribution in [2.24, 2.45) is 11.8 Å². The van der Waals surface area contributed by atoms with Gasteiger partial charge in [-0.15, -0.1) is 10.2 Å². The molecule has 120 valence electrons. The highest BCUT2D eigenvalue weighted by Crippen LogP contribution is 2.41. The van der Waals surface area contributed by atoms with E-state index >= 15 is 0 Å². The van der Waals surface area contributed by atoms with Crippen molar-refractivity contribution in [3.8, 4) is 0 Å². The first-order valence-corrected chi connectivity index (χ1v) is 8.37. The van der Waals surface area contributed by atoms with Crippen molar-refractivity contribution < 1.29 is 13.9 Å². The van der Waals surface area contributed by atoms with Gasteiger partial charge in [0.05, 0.1) is 12.1 Å². The predicted molar refractivity (Wildman–Crippen MR) is 77.9 cm³/mol. The van der Waals surface area contributed by atoms with Crippen LogP contribution in [-0.4, -0.2) is 39.7 Å². The minimum Gasteiger partial charge on any atom is -0.423 e. The van der Waals surface area contributed by atoms with Crippen molar-refractivity contribution in [2.75, 3.05) is 6.54 Å². The van der Waals surface area contributed by atoms with Crippen LogP contribution in [0.15, 0.2) is 4.42 Å². The number of amides is 1. The summed E-state index contributed by atoms with van der Waals surface area (Å²) in [4.78, 5) is 14.7. The molecule has 0 unspecified atom stereocenters. The number of likely N-dealkylation sites (tertiary alicyclic amines) is 1. The number of hydrogen-bond donors (Lipinski definition) is 0. The van der Waals surface area contributed by atoms with Crippen LogP contribution in [0.3, 0.4) is 0 Å². The minimum atomic E-state index is -0.110. The lowest BCUT2D eigenvalue weighted by atomic mass is 9.75. The zero-order valence-corrected chi connectivity index (χ0v) is 13.2. The Balaban J connectivity index is 1.40. The Bertz CT molecular complexity index is 567. The molecule has 3 atom stereocenters. The summed E-state index contributed by atoms with van der Waals surface area (Å²) in [6.07, 6.45) is 4.84. The third-order valence-electron chi connectivity index (χ3n) is 5.37. The van der Waals surface area contributed by atoms with E-state index in [2.05, 4.69) is 22.0 Å². The summed E-state index contributed by atoms with van der Waals surface area (Å²) < 4.78 is 11.6. The summed E-state index contributed by atoms with van der Waals surface area (Å²) in [5.74, 6) is 2.46. The van der Waals surface area contributed by atoms with Gasteiger partial charge in [-0.1, -0.05) is 6.92 Å². The maximum Gasteiger partial charge on any atom is 0.245 e. The molecule has 0 radical (unpaired) electrons. The molecule has 1 aliphatic carbocycles. The summed E-state index contributed by atoms with van der Waals surface area (Å²) in [5, 5.41) is 7.95. The van der Waals surface area contributed by atoms with Crippen LogP contribution in [-0.2, 0) is 9.53 Å². The lowest BCUT2D eigenvalue weighted by Gasteiger charge is -2.39. The fourth-order valence-electron chi connectivity index (χ4n) is 4.16. The molecule has 0 spiro atoms. The van der Waals surface area contributed by atoms with E-state index in [-0.39, 0.29) is 24.2 Å². The number of fused-ring (bicyclic) bond motifs is 1. The van der Waals surface area contributed by atoms with Crippen molar-refractivity contribution in [3.63, 3.8) is 0 Å². The number of nitrogens with zero attached hydrogens (tertiary/aromatic N) is 3. The van der Waals surface area contributed by atoms with Crippen LogP contribution in [0.25, 0.3) is 0 Å². The quantitative estimate of drug-likeness (QED) is 0.838. The molecule has 0 aromatic carbocycles. The van der Waals surface area contributed by atoms with Crippen LogP contribution >= 0.6 is 0 Å². The molecule has 1 saturated carbocycles. The topological polar surface area (TPSA) is 68.5 Å². The number of aromatic nitrogens is 2. The zero-order chi connectivity index (χ0) is 15.3. The SMILES string of the molecule is Cc1nnc([C@H]2CC[C@@H]3[C@@H](CCN3C(=O)C3CC(C)C3)O2)o1. The van der Waals surface area contributed by atoms with Gasteiger partial charge in [0.2, 0.25) is 17.7 Å². The molecule has 3 aliphatic rings. The maximum absolute atomic E-state index is 12.6.